The van der Waals surface area contributed by atoms with E-state index in [1.54, 1.807) is 17.7 Å². The summed E-state index contributed by atoms with van der Waals surface area (Å²) in [6.45, 7) is 5.64. The number of hydrogen-bond acceptors (Lipinski definition) is 6. The zero-order chi connectivity index (χ0) is 20.4. The molecule has 0 fully saturated rings. The molecule has 0 unspecified atom stereocenters. The average molecular weight is 389 g/mol. The van der Waals surface area contributed by atoms with Crippen LogP contribution in [0.25, 0.3) is 11.2 Å². The van der Waals surface area contributed by atoms with Crippen molar-refractivity contribution in [3.8, 4) is 0 Å². The van der Waals surface area contributed by atoms with Crippen LogP contribution in [-0.4, -0.2) is 24.5 Å². The average Bonchev–Trinajstić information content (AvgIpc) is 3.01. The van der Waals surface area contributed by atoms with Gasteiger partial charge in [-0.3, -0.25) is 9.55 Å². The van der Waals surface area contributed by atoms with Gasteiger partial charge in [0.25, 0.3) is 0 Å². The second-order valence-electron chi connectivity index (χ2n) is 7.12. The minimum Gasteiger partial charge on any atom is -0.382 e. The fourth-order valence-corrected chi connectivity index (χ4v) is 3.19. The summed E-state index contributed by atoms with van der Waals surface area (Å²) in [4.78, 5) is 28.0. The number of aryl methyl sites for hydroxylation is 2. The lowest BCUT2D eigenvalue weighted by Gasteiger charge is -2.07. The Kier molecular flexibility index (Phi) is 5.09. The van der Waals surface area contributed by atoms with E-state index in [-0.39, 0.29) is 11.5 Å². The monoisotopic (exact) mass is 389 g/mol. The SMILES string of the molecule is Cc1ccc(CNCc2ccc(Cn3c(=O)[nH]c4c(N)nc(C)nc43)cn2)cc1. The minimum absolute atomic E-state index is 0.268. The number of pyridine rings is 1. The standard InChI is InChI=1S/C21H23N7O/c1-13-3-5-15(6-4-13)9-23-11-17-8-7-16(10-24-17)12-28-20-18(27-21(28)29)19(22)25-14(2)26-20/h3-8,10,23H,9,11-12H2,1-2H3,(H,27,29)(H2,22,25,26). The van der Waals surface area contributed by atoms with Gasteiger partial charge in [0.2, 0.25) is 0 Å². The van der Waals surface area contributed by atoms with E-state index in [1.807, 2.05) is 12.1 Å². The van der Waals surface area contributed by atoms with Crippen molar-refractivity contribution in [2.45, 2.75) is 33.5 Å². The predicted octanol–water partition coefficient (Wildman–Crippen LogP) is 2.05. The first kappa shape index (κ1) is 18.8. The summed E-state index contributed by atoms with van der Waals surface area (Å²) in [5, 5.41) is 3.39. The molecule has 0 aliphatic heterocycles. The Morgan fingerprint density at radius 1 is 1.03 bits per heavy atom. The van der Waals surface area contributed by atoms with Crippen LogP contribution in [0.3, 0.4) is 0 Å². The Morgan fingerprint density at radius 2 is 1.79 bits per heavy atom. The molecule has 4 rings (SSSR count). The maximum Gasteiger partial charge on any atom is 0.328 e. The number of nitrogens with two attached hydrogens (primary N) is 1. The van der Waals surface area contributed by atoms with Crippen LogP contribution >= 0.6 is 0 Å². The molecule has 0 bridgehead atoms. The van der Waals surface area contributed by atoms with Gasteiger partial charge in [0.15, 0.2) is 11.5 Å². The first-order chi connectivity index (χ1) is 14.0. The van der Waals surface area contributed by atoms with Crippen molar-refractivity contribution < 1.29 is 0 Å². The van der Waals surface area contributed by atoms with E-state index in [9.17, 15) is 4.79 Å². The van der Waals surface area contributed by atoms with E-state index >= 15 is 0 Å². The van der Waals surface area contributed by atoms with Gasteiger partial charge in [-0.1, -0.05) is 35.9 Å². The molecule has 0 radical (unpaired) electrons. The Morgan fingerprint density at radius 3 is 2.52 bits per heavy atom. The molecule has 0 amide bonds. The molecule has 0 spiro atoms. The first-order valence-electron chi connectivity index (χ1n) is 9.42. The van der Waals surface area contributed by atoms with Gasteiger partial charge in [0.1, 0.15) is 11.3 Å². The molecule has 0 saturated heterocycles. The van der Waals surface area contributed by atoms with Crippen LogP contribution in [0.4, 0.5) is 5.82 Å². The molecular formula is C21H23N7O. The minimum atomic E-state index is -0.268. The van der Waals surface area contributed by atoms with Gasteiger partial charge in [-0.15, -0.1) is 0 Å². The molecule has 29 heavy (non-hydrogen) atoms. The molecule has 3 heterocycles. The molecule has 0 atom stereocenters. The predicted molar refractivity (Wildman–Crippen MR) is 112 cm³/mol. The van der Waals surface area contributed by atoms with Gasteiger partial charge < -0.3 is 16.0 Å². The van der Waals surface area contributed by atoms with Crippen LogP contribution in [0.5, 0.6) is 0 Å². The van der Waals surface area contributed by atoms with E-state index in [0.29, 0.717) is 30.1 Å². The zero-order valence-electron chi connectivity index (χ0n) is 16.4. The highest BCUT2D eigenvalue weighted by Crippen LogP contribution is 2.15. The van der Waals surface area contributed by atoms with Crippen molar-refractivity contribution in [2.24, 2.45) is 0 Å². The van der Waals surface area contributed by atoms with Crippen molar-refractivity contribution >= 4 is 17.0 Å². The third kappa shape index (κ3) is 4.17. The number of hydrogen-bond donors (Lipinski definition) is 3. The molecule has 8 heteroatoms. The highest BCUT2D eigenvalue weighted by Gasteiger charge is 2.13. The van der Waals surface area contributed by atoms with E-state index in [2.05, 4.69) is 56.4 Å². The van der Waals surface area contributed by atoms with Gasteiger partial charge in [-0.05, 0) is 31.0 Å². The third-order valence-corrected chi connectivity index (χ3v) is 4.74. The van der Waals surface area contributed by atoms with E-state index < -0.39 is 0 Å². The fourth-order valence-electron chi connectivity index (χ4n) is 3.19. The molecule has 148 valence electrons. The number of imidazole rings is 1. The Bertz CT molecular complexity index is 1190. The molecular weight excluding hydrogens is 366 g/mol. The summed E-state index contributed by atoms with van der Waals surface area (Å²) >= 11 is 0. The Balaban J connectivity index is 1.43. The second-order valence-corrected chi connectivity index (χ2v) is 7.12. The summed E-state index contributed by atoms with van der Waals surface area (Å²) in [6.07, 6.45) is 1.78. The van der Waals surface area contributed by atoms with Crippen molar-refractivity contribution in [3.05, 3.63) is 81.3 Å². The third-order valence-electron chi connectivity index (χ3n) is 4.74. The number of aromatic amines is 1. The summed E-state index contributed by atoms with van der Waals surface area (Å²) < 4.78 is 1.55. The smallest absolute Gasteiger partial charge is 0.328 e. The normalized spacial score (nSPS) is 11.2. The van der Waals surface area contributed by atoms with Crippen LogP contribution < -0.4 is 16.7 Å². The summed E-state index contributed by atoms with van der Waals surface area (Å²) in [6, 6.07) is 12.4. The molecule has 4 N–H and O–H groups in total. The van der Waals surface area contributed by atoms with Crippen molar-refractivity contribution in [1.82, 2.24) is 29.8 Å². The van der Waals surface area contributed by atoms with Crippen molar-refractivity contribution in [3.63, 3.8) is 0 Å². The van der Waals surface area contributed by atoms with Crippen molar-refractivity contribution in [1.29, 1.82) is 0 Å². The number of anilines is 1. The van der Waals surface area contributed by atoms with E-state index in [1.165, 1.54) is 11.1 Å². The number of rotatable bonds is 6. The molecule has 0 aliphatic rings. The summed E-state index contributed by atoms with van der Waals surface area (Å²) in [7, 11) is 0. The van der Waals surface area contributed by atoms with Gasteiger partial charge in [0, 0.05) is 19.3 Å². The molecule has 8 nitrogen and oxygen atoms in total. The molecule has 3 aromatic heterocycles. The Hall–Kier alpha value is -3.52. The number of nitrogens with zero attached hydrogens (tertiary/aromatic N) is 4. The number of nitrogen functional groups attached to an aromatic ring is 1. The molecule has 0 aliphatic carbocycles. The maximum atomic E-state index is 12.3. The number of H-pyrrole nitrogens is 1. The van der Waals surface area contributed by atoms with Crippen LogP contribution in [0.2, 0.25) is 0 Å². The number of fused-ring (bicyclic) bond motifs is 1. The van der Waals surface area contributed by atoms with Crippen LogP contribution in [0, 0.1) is 13.8 Å². The van der Waals surface area contributed by atoms with Crippen LogP contribution in [-0.2, 0) is 19.6 Å². The topological polar surface area (TPSA) is 115 Å². The summed E-state index contributed by atoms with van der Waals surface area (Å²) in [5.74, 6) is 0.798. The molecule has 0 saturated carbocycles. The zero-order valence-corrected chi connectivity index (χ0v) is 16.4. The maximum absolute atomic E-state index is 12.3. The largest absolute Gasteiger partial charge is 0.382 e. The highest BCUT2D eigenvalue weighted by molar-refractivity contribution is 5.81. The van der Waals surface area contributed by atoms with E-state index in [4.69, 9.17) is 5.73 Å². The first-order valence-corrected chi connectivity index (χ1v) is 9.42. The molecule has 1 aromatic carbocycles. The quantitative estimate of drug-likeness (QED) is 0.465. The highest BCUT2D eigenvalue weighted by atomic mass is 16.1. The fraction of sp³-hybridized carbons (Fsp3) is 0.238. The summed E-state index contributed by atoms with van der Waals surface area (Å²) in [5.41, 5.74) is 10.9. The second kappa shape index (κ2) is 7.84. The van der Waals surface area contributed by atoms with Crippen LogP contribution in [0.1, 0.15) is 28.2 Å². The van der Waals surface area contributed by atoms with Gasteiger partial charge in [-0.25, -0.2) is 14.8 Å². The van der Waals surface area contributed by atoms with Crippen molar-refractivity contribution in [2.75, 3.05) is 5.73 Å². The Labute approximate surface area is 167 Å². The van der Waals surface area contributed by atoms with Gasteiger partial charge in [0.05, 0.1) is 12.2 Å². The lowest BCUT2D eigenvalue weighted by molar-refractivity contribution is 0.677. The van der Waals surface area contributed by atoms with Gasteiger partial charge in [-0.2, -0.15) is 0 Å². The number of nitrogens with one attached hydrogen (secondary N) is 2. The van der Waals surface area contributed by atoms with Gasteiger partial charge >= 0.3 is 5.69 Å². The lowest BCUT2D eigenvalue weighted by atomic mass is 10.1. The number of benzene rings is 1. The van der Waals surface area contributed by atoms with Crippen LogP contribution in [0.15, 0.2) is 47.4 Å². The number of aromatic nitrogens is 5. The lowest BCUT2D eigenvalue weighted by Crippen LogP contribution is -2.18. The molecule has 4 aromatic rings. The van der Waals surface area contributed by atoms with E-state index in [0.717, 1.165) is 17.8 Å².